The Labute approximate surface area is 231 Å². The van der Waals surface area contributed by atoms with Crippen LogP contribution in [0, 0.1) is 0 Å². The van der Waals surface area contributed by atoms with E-state index in [4.69, 9.17) is 9.47 Å². The van der Waals surface area contributed by atoms with Gasteiger partial charge in [-0.1, -0.05) is 69.9 Å². The van der Waals surface area contributed by atoms with Crippen LogP contribution in [0.2, 0.25) is 0 Å². The molecule has 2 atom stereocenters. The third-order valence-corrected chi connectivity index (χ3v) is 6.67. The summed E-state index contributed by atoms with van der Waals surface area (Å²) in [5.41, 5.74) is 4.27. The Morgan fingerprint density at radius 2 is 1.08 bits per heavy atom. The van der Waals surface area contributed by atoms with Crippen molar-refractivity contribution in [2.75, 3.05) is 0 Å². The molecule has 0 heterocycles. The number of carboxylic acids is 1. The Kier molecular flexibility index (Phi) is 10.9. The zero-order valence-corrected chi connectivity index (χ0v) is 23.2. The van der Waals surface area contributed by atoms with Gasteiger partial charge in [0.1, 0.15) is 0 Å². The minimum Gasteiger partial charge on any atom is -0.478 e. The molecule has 0 radical (unpaired) electrons. The van der Waals surface area contributed by atoms with Crippen molar-refractivity contribution in [2.24, 2.45) is 0 Å². The highest BCUT2D eigenvalue weighted by molar-refractivity contribution is 5.96. The van der Waals surface area contributed by atoms with Crippen LogP contribution in [0.25, 0.3) is 22.3 Å². The normalized spacial score (nSPS) is 12.4. The van der Waals surface area contributed by atoms with Gasteiger partial charge in [-0.15, -0.1) is 0 Å². The van der Waals surface area contributed by atoms with Crippen LogP contribution in [0.3, 0.4) is 0 Å². The number of hydrogen-bond donors (Lipinski definition) is 1. The second-order valence-corrected chi connectivity index (χ2v) is 9.94. The van der Waals surface area contributed by atoms with E-state index >= 15 is 0 Å². The maximum Gasteiger partial charge on any atom is 0.338 e. The van der Waals surface area contributed by atoms with Crippen LogP contribution in [0.1, 0.15) is 97.3 Å². The van der Waals surface area contributed by atoms with Crippen molar-refractivity contribution in [1.29, 1.82) is 0 Å². The van der Waals surface area contributed by atoms with Gasteiger partial charge in [-0.05, 0) is 85.3 Å². The maximum absolute atomic E-state index is 12.9. The minimum atomic E-state index is -0.997. The number of rotatable bonds is 13. The smallest absolute Gasteiger partial charge is 0.338 e. The predicted molar refractivity (Wildman–Crippen MR) is 153 cm³/mol. The summed E-state index contributed by atoms with van der Waals surface area (Å²) in [6.45, 7) is 8.00. The zero-order valence-electron chi connectivity index (χ0n) is 23.2. The molecule has 6 nitrogen and oxygen atoms in total. The first-order valence-corrected chi connectivity index (χ1v) is 13.7. The molecule has 3 aromatic rings. The number of carboxylic acid groups (broad SMARTS) is 1. The summed E-state index contributed by atoms with van der Waals surface area (Å²) in [4.78, 5) is 36.9. The SMILES string of the molecule is CCCC[C@@H](C)OC(=O)c1ccc(-c2cc(C(=O)O[C@H](C)CCCC)ccc2-c2ccc(C(=O)O)cc2)cc1. The Balaban J connectivity index is 1.94. The lowest BCUT2D eigenvalue weighted by Gasteiger charge is -2.16. The molecule has 0 bridgehead atoms. The molecule has 206 valence electrons. The Morgan fingerprint density at radius 3 is 1.56 bits per heavy atom. The molecule has 0 aliphatic heterocycles. The molecule has 0 aliphatic rings. The number of hydrogen-bond acceptors (Lipinski definition) is 5. The van der Waals surface area contributed by atoms with Gasteiger partial charge in [-0.3, -0.25) is 0 Å². The molecule has 6 heteroatoms. The molecule has 0 spiro atoms. The van der Waals surface area contributed by atoms with Crippen molar-refractivity contribution in [1.82, 2.24) is 0 Å². The molecule has 0 amide bonds. The van der Waals surface area contributed by atoms with E-state index in [0.717, 1.165) is 60.8 Å². The minimum absolute atomic E-state index is 0.153. The highest BCUT2D eigenvalue weighted by Crippen LogP contribution is 2.34. The van der Waals surface area contributed by atoms with Crippen molar-refractivity contribution in [2.45, 2.75) is 78.4 Å². The summed E-state index contributed by atoms with van der Waals surface area (Å²) >= 11 is 0. The molecule has 3 rings (SSSR count). The second kappa shape index (κ2) is 14.3. The lowest BCUT2D eigenvalue weighted by atomic mass is 9.92. The van der Waals surface area contributed by atoms with E-state index in [1.54, 1.807) is 48.5 Å². The van der Waals surface area contributed by atoms with Gasteiger partial charge in [0.2, 0.25) is 0 Å². The first-order chi connectivity index (χ1) is 18.7. The van der Waals surface area contributed by atoms with Gasteiger partial charge in [0, 0.05) is 0 Å². The summed E-state index contributed by atoms with van der Waals surface area (Å²) in [5, 5.41) is 9.28. The topological polar surface area (TPSA) is 89.9 Å². The van der Waals surface area contributed by atoms with E-state index in [2.05, 4.69) is 13.8 Å². The number of carbonyl (C=O) groups excluding carboxylic acids is 2. The van der Waals surface area contributed by atoms with Crippen molar-refractivity contribution in [3.63, 3.8) is 0 Å². The average molecular weight is 531 g/mol. The molecule has 0 aromatic heterocycles. The van der Waals surface area contributed by atoms with Crippen LogP contribution in [-0.4, -0.2) is 35.2 Å². The van der Waals surface area contributed by atoms with E-state index < -0.39 is 11.9 Å². The molecule has 3 aromatic carbocycles. The molecular formula is C33H38O6. The molecule has 39 heavy (non-hydrogen) atoms. The number of ether oxygens (including phenoxy) is 2. The monoisotopic (exact) mass is 530 g/mol. The van der Waals surface area contributed by atoms with Crippen molar-refractivity contribution < 1.29 is 29.0 Å². The molecule has 0 saturated heterocycles. The number of benzene rings is 3. The number of carbonyl (C=O) groups is 3. The third-order valence-electron chi connectivity index (χ3n) is 6.67. The van der Waals surface area contributed by atoms with Crippen LogP contribution in [0.5, 0.6) is 0 Å². The summed E-state index contributed by atoms with van der Waals surface area (Å²) in [6, 6.07) is 19.1. The number of unbranched alkanes of at least 4 members (excludes halogenated alkanes) is 2. The maximum atomic E-state index is 12.9. The van der Waals surface area contributed by atoms with Crippen molar-refractivity contribution in [3.8, 4) is 22.3 Å². The third kappa shape index (κ3) is 8.28. The summed E-state index contributed by atoms with van der Waals surface area (Å²) < 4.78 is 11.2. The quantitative estimate of drug-likeness (QED) is 0.224. The predicted octanol–water partition coefficient (Wildman–Crippen LogP) is 8.19. The molecular weight excluding hydrogens is 492 g/mol. The largest absolute Gasteiger partial charge is 0.478 e. The van der Waals surface area contributed by atoms with Gasteiger partial charge >= 0.3 is 17.9 Å². The van der Waals surface area contributed by atoms with Crippen LogP contribution in [-0.2, 0) is 9.47 Å². The highest BCUT2D eigenvalue weighted by atomic mass is 16.5. The first kappa shape index (κ1) is 29.6. The lowest BCUT2D eigenvalue weighted by molar-refractivity contribution is 0.0310. The van der Waals surface area contributed by atoms with Crippen molar-refractivity contribution >= 4 is 17.9 Å². The Hall–Kier alpha value is -3.93. The van der Waals surface area contributed by atoms with Crippen LogP contribution >= 0.6 is 0 Å². The van der Waals surface area contributed by atoms with Gasteiger partial charge in [0.05, 0.1) is 28.9 Å². The van der Waals surface area contributed by atoms with E-state index in [1.807, 2.05) is 32.0 Å². The fraction of sp³-hybridized carbons (Fsp3) is 0.364. The summed E-state index contributed by atoms with van der Waals surface area (Å²) in [5.74, 6) is -1.76. The van der Waals surface area contributed by atoms with E-state index in [0.29, 0.717) is 11.1 Å². The van der Waals surface area contributed by atoms with Gasteiger partial charge in [0.15, 0.2) is 0 Å². The van der Waals surface area contributed by atoms with Crippen LogP contribution in [0.15, 0.2) is 66.7 Å². The van der Waals surface area contributed by atoms with E-state index in [1.165, 1.54) is 0 Å². The summed E-state index contributed by atoms with van der Waals surface area (Å²) in [6.07, 6.45) is 5.35. The fourth-order valence-corrected chi connectivity index (χ4v) is 4.34. The summed E-state index contributed by atoms with van der Waals surface area (Å²) in [7, 11) is 0. The van der Waals surface area contributed by atoms with Gasteiger partial charge in [-0.2, -0.15) is 0 Å². The zero-order chi connectivity index (χ0) is 28.4. The van der Waals surface area contributed by atoms with Crippen LogP contribution < -0.4 is 0 Å². The molecule has 0 unspecified atom stereocenters. The van der Waals surface area contributed by atoms with Crippen molar-refractivity contribution in [3.05, 3.63) is 83.4 Å². The van der Waals surface area contributed by atoms with E-state index in [-0.39, 0.29) is 23.7 Å². The Morgan fingerprint density at radius 1 is 0.641 bits per heavy atom. The first-order valence-electron chi connectivity index (χ1n) is 13.7. The van der Waals surface area contributed by atoms with Gasteiger partial charge < -0.3 is 14.6 Å². The van der Waals surface area contributed by atoms with Crippen LogP contribution in [0.4, 0.5) is 0 Å². The highest BCUT2D eigenvalue weighted by Gasteiger charge is 2.17. The number of esters is 2. The fourth-order valence-electron chi connectivity index (χ4n) is 4.34. The van der Waals surface area contributed by atoms with Gasteiger partial charge in [-0.25, -0.2) is 14.4 Å². The second-order valence-electron chi connectivity index (χ2n) is 9.94. The Bertz CT molecular complexity index is 1260. The molecule has 0 saturated carbocycles. The standard InChI is InChI=1S/C33H38O6/c1-5-7-9-22(3)38-32(36)27-17-13-25(14-18-27)30-21-28(33(37)39-23(4)10-8-6-2)19-20-29(30)24-11-15-26(16-12-24)31(34)35/h11-23H,5-10H2,1-4H3,(H,34,35)/t22-,23-/m1/s1. The molecule has 0 aliphatic carbocycles. The van der Waals surface area contributed by atoms with E-state index in [9.17, 15) is 19.5 Å². The molecule has 0 fully saturated rings. The van der Waals surface area contributed by atoms with Gasteiger partial charge in [0.25, 0.3) is 0 Å². The lowest BCUT2D eigenvalue weighted by Crippen LogP contribution is -2.15. The average Bonchev–Trinajstić information content (AvgIpc) is 2.94. The number of aromatic carboxylic acids is 1. The molecule has 1 N–H and O–H groups in total.